The quantitative estimate of drug-likeness (QED) is 0.617. The van der Waals surface area contributed by atoms with Gasteiger partial charge in [0.1, 0.15) is 5.75 Å². The van der Waals surface area contributed by atoms with E-state index in [-0.39, 0.29) is 0 Å². The summed E-state index contributed by atoms with van der Waals surface area (Å²) in [6.07, 6.45) is 8.55. The Morgan fingerprint density at radius 2 is 1.55 bits per heavy atom. The third-order valence-corrected chi connectivity index (χ3v) is 7.65. The monoisotopic (exact) mass is 410 g/mol. The number of piperazine rings is 1. The Morgan fingerprint density at radius 3 is 2.21 bits per heavy atom. The zero-order chi connectivity index (χ0) is 20.1. The van der Waals surface area contributed by atoms with Gasteiger partial charge in [0.05, 0.1) is 0 Å². The Hall–Kier alpha value is -1.49. The van der Waals surface area contributed by atoms with Gasteiger partial charge < -0.3 is 5.11 Å². The summed E-state index contributed by atoms with van der Waals surface area (Å²) in [5, 5.41) is 9.65. The van der Waals surface area contributed by atoms with Crippen molar-refractivity contribution in [3.63, 3.8) is 0 Å². The predicted octanol–water partition coefficient (Wildman–Crippen LogP) is 5.94. The van der Waals surface area contributed by atoms with Crippen molar-refractivity contribution in [2.75, 3.05) is 26.2 Å². The number of hydrogen-bond acceptors (Lipinski definition) is 4. The molecule has 0 radical (unpaired) electrons. The van der Waals surface area contributed by atoms with Crippen LogP contribution in [0.3, 0.4) is 0 Å². The second kappa shape index (κ2) is 10.0. The molecule has 1 heterocycles. The fraction of sp³-hybridized carbons (Fsp3) is 0.520. The molecule has 0 aromatic heterocycles. The molecule has 2 aromatic carbocycles. The SMILES string of the molecule is CC(c1ccc(Sc2cccc(O)c2)cc1)N1CCN(C2CCCCCC2)CC1. The number of aromatic hydroxyl groups is 1. The molecule has 1 aliphatic heterocycles. The highest BCUT2D eigenvalue weighted by Crippen LogP contribution is 2.32. The van der Waals surface area contributed by atoms with E-state index in [1.807, 2.05) is 18.2 Å². The van der Waals surface area contributed by atoms with Crippen molar-refractivity contribution in [3.05, 3.63) is 54.1 Å². The molecular weight excluding hydrogens is 376 g/mol. The van der Waals surface area contributed by atoms with Crippen LogP contribution in [0.1, 0.15) is 57.1 Å². The van der Waals surface area contributed by atoms with Gasteiger partial charge in [-0.3, -0.25) is 9.80 Å². The summed E-state index contributed by atoms with van der Waals surface area (Å²) < 4.78 is 0. The third-order valence-electron chi connectivity index (χ3n) is 6.65. The van der Waals surface area contributed by atoms with Crippen LogP contribution < -0.4 is 0 Å². The Kier molecular flexibility index (Phi) is 7.17. The summed E-state index contributed by atoms with van der Waals surface area (Å²) in [6.45, 7) is 7.15. The van der Waals surface area contributed by atoms with E-state index in [2.05, 4.69) is 41.0 Å². The van der Waals surface area contributed by atoms with Gasteiger partial charge in [-0.05, 0) is 55.7 Å². The molecule has 0 bridgehead atoms. The molecule has 29 heavy (non-hydrogen) atoms. The van der Waals surface area contributed by atoms with Crippen molar-refractivity contribution in [1.29, 1.82) is 0 Å². The lowest BCUT2D eigenvalue weighted by Gasteiger charge is -2.41. The van der Waals surface area contributed by atoms with Crippen LogP contribution in [0.4, 0.5) is 0 Å². The van der Waals surface area contributed by atoms with Gasteiger partial charge in [-0.25, -0.2) is 0 Å². The molecule has 1 atom stereocenters. The highest BCUT2D eigenvalue weighted by atomic mass is 32.2. The molecule has 1 N–H and O–H groups in total. The largest absolute Gasteiger partial charge is 0.508 e. The van der Waals surface area contributed by atoms with Crippen molar-refractivity contribution in [2.24, 2.45) is 0 Å². The van der Waals surface area contributed by atoms with E-state index in [1.165, 1.54) is 75.2 Å². The van der Waals surface area contributed by atoms with Crippen LogP contribution in [0, 0.1) is 0 Å². The van der Waals surface area contributed by atoms with Gasteiger partial charge in [0, 0.05) is 48.1 Å². The van der Waals surface area contributed by atoms with Gasteiger partial charge in [0.25, 0.3) is 0 Å². The van der Waals surface area contributed by atoms with Gasteiger partial charge in [0.15, 0.2) is 0 Å². The van der Waals surface area contributed by atoms with E-state index in [1.54, 1.807) is 17.8 Å². The molecular formula is C25H34N2OS. The molecule has 2 fully saturated rings. The lowest BCUT2D eigenvalue weighted by Crippen LogP contribution is -2.50. The van der Waals surface area contributed by atoms with Gasteiger partial charge in [-0.2, -0.15) is 0 Å². The zero-order valence-electron chi connectivity index (χ0n) is 17.6. The maximum atomic E-state index is 9.65. The molecule has 0 amide bonds. The second-order valence-electron chi connectivity index (χ2n) is 8.56. The van der Waals surface area contributed by atoms with Gasteiger partial charge in [-0.15, -0.1) is 0 Å². The van der Waals surface area contributed by atoms with Crippen LogP contribution in [0.2, 0.25) is 0 Å². The highest BCUT2D eigenvalue weighted by Gasteiger charge is 2.26. The highest BCUT2D eigenvalue weighted by molar-refractivity contribution is 7.99. The lowest BCUT2D eigenvalue weighted by atomic mass is 10.0. The van der Waals surface area contributed by atoms with Crippen LogP contribution in [-0.4, -0.2) is 47.1 Å². The fourth-order valence-corrected chi connectivity index (χ4v) is 5.69. The summed E-state index contributed by atoms with van der Waals surface area (Å²) in [4.78, 5) is 7.69. The standard InChI is InChI=1S/C25H34N2OS/c1-20(26-15-17-27(18-16-26)22-7-4-2-3-5-8-22)21-11-13-24(14-12-21)29-25-10-6-9-23(28)19-25/h6,9-14,19-20,22,28H,2-5,7-8,15-18H2,1H3. The van der Waals surface area contributed by atoms with E-state index in [0.29, 0.717) is 11.8 Å². The van der Waals surface area contributed by atoms with Crippen LogP contribution >= 0.6 is 11.8 Å². The van der Waals surface area contributed by atoms with Crippen LogP contribution in [-0.2, 0) is 0 Å². The van der Waals surface area contributed by atoms with E-state index >= 15 is 0 Å². The second-order valence-corrected chi connectivity index (χ2v) is 9.71. The lowest BCUT2D eigenvalue weighted by molar-refractivity contribution is 0.0681. The Bertz CT molecular complexity index is 763. The number of phenolic OH excluding ortho intramolecular Hbond substituents is 1. The normalized spacial score (nSPS) is 21.0. The van der Waals surface area contributed by atoms with E-state index in [4.69, 9.17) is 0 Å². The first-order chi connectivity index (χ1) is 14.2. The summed E-state index contributed by atoms with van der Waals surface area (Å²) in [7, 11) is 0. The summed E-state index contributed by atoms with van der Waals surface area (Å²) >= 11 is 1.70. The third kappa shape index (κ3) is 5.56. The molecule has 0 spiro atoms. The van der Waals surface area contributed by atoms with E-state index in [0.717, 1.165) is 10.9 Å². The number of nitrogens with zero attached hydrogens (tertiary/aromatic N) is 2. The summed E-state index contributed by atoms with van der Waals surface area (Å²) in [5.74, 6) is 0.322. The van der Waals surface area contributed by atoms with Gasteiger partial charge >= 0.3 is 0 Å². The maximum Gasteiger partial charge on any atom is 0.116 e. The van der Waals surface area contributed by atoms with Crippen molar-refractivity contribution >= 4 is 11.8 Å². The molecule has 2 aliphatic rings. The first-order valence-electron chi connectivity index (χ1n) is 11.2. The zero-order valence-corrected chi connectivity index (χ0v) is 18.4. The first kappa shape index (κ1) is 20.8. The Morgan fingerprint density at radius 1 is 0.862 bits per heavy atom. The predicted molar refractivity (Wildman–Crippen MR) is 122 cm³/mol. The van der Waals surface area contributed by atoms with Crippen LogP contribution in [0.5, 0.6) is 5.75 Å². The average Bonchev–Trinajstić information content (AvgIpc) is 3.04. The van der Waals surface area contributed by atoms with E-state index in [9.17, 15) is 5.11 Å². The van der Waals surface area contributed by atoms with Crippen LogP contribution in [0.15, 0.2) is 58.3 Å². The average molecular weight is 411 g/mol. The molecule has 4 rings (SSSR count). The molecule has 2 aromatic rings. The topological polar surface area (TPSA) is 26.7 Å². The minimum absolute atomic E-state index is 0.322. The fourth-order valence-electron chi connectivity index (χ4n) is 4.82. The van der Waals surface area contributed by atoms with Crippen molar-refractivity contribution in [3.8, 4) is 5.75 Å². The molecule has 1 unspecified atom stereocenters. The molecule has 1 saturated carbocycles. The van der Waals surface area contributed by atoms with Gasteiger partial charge in [0.2, 0.25) is 0 Å². The van der Waals surface area contributed by atoms with E-state index < -0.39 is 0 Å². The van der Waals surface area contributed by atoms with Crippen LogP contribution in [0.25, 0.3) is 0 Å². The number of hydrogen-bond donors (Lipinski definition) is 1. The minimum Gasteiger partial charge on any atom is -0.508 e. The molecule has 1 aliphatic carbocycles. The minimum atomic E-state index is 0.322. The van der Waals surface area contributed by atoms with Crippen molar-refractivity contribution < 1.29 is 5.11 Å². The molecule has 156 valence electrons. The number of benzene rings is 2. The first-order valence-corrected chi connectivity index (χ1v) is 12.1. The molecule has 3 nitrogen and oxygen atoms in total. The van der Waals surface area contributed by atoms with Crippen molar-refractivity contribution in [2.45, 2.75) is 67.3 Å². The Labute approximate surface area is 180 Å². The maximum absolute atomic E-state index is 9.65. The summed E-state index contributed by atoms with van der Waals surface area (Å²) in [6, 6.07) is 17.7. The molecule has 4 heteroatoms. The number of rotatable bonds is 5. The van der Waals surface area contributed by atoms with Gasteiger partial charge in [-0.1, -0.05) is 55.6 Å². The molecule has 1 saturated heterocycles. The number of phenols is 1. The Balaban J connectivity index is 1.31. The summed E-state index contributed by atoms with van der Waals surface area (Å²) in [5.41, 5.74) is 1.40. The smallest absolute Gasteiger partial charge is 0.116 e. The van der Waals surface area contributed by atoms with Crippen molar-refractivity contribution in [1.82, 2.24) is 9.80 Å².